The molecule has 2 rings (SSSR count). The van der Waals surface area contributed by atoms with E-state index in [1.54, 1.807) is 24.3 Å². The Hall–Kier alpha value is -1.55. The second-order valence-electron chi connectivity index (χ2n) is 4.53. The fourth-order valence-electron chi connectivity index (χ4n) is 2.23. The number of rotatable bonds is 3. The third-order valence-electron chi connectivity index (χ3n) is 3.55. The maximum atomic E-state index is 12.3. The van der Waals surface area contributed by atoms with Gasteiger partial charge in [0.2, 0.25) is 5.91 Å². The van der Waals surface area contributed by atoms with Crippen LogP contribution >= 0.6 is 0 Å². The highest BCUT2D eigenvalue weighted by atomic mass is 16.3. The molecule has 1 fully saturated rings. The molecule has 1 amide bonds. The summed E-state index contributed by atoms with van der Waals surface area (Å²) in [5.74, 6) is 0.101. The summed E-state index contributed by atoms with van der Waals surface area (Å²) in [7, 11) is 0. The molecule has 1 aromatic carbocycles. The zero-order valence-corrected chi connectivity index (χ0v) is 9.99. The summed E-state index contributed by atoms with van der Waals surface area (Å²) >= 11 is 0. The molecule has 0 saturated carbocycles. The van der Waals surface area contributed by atoms with E-state index in [4.69, 9.17) is 0 Å². The van der Waals surface area contributed by atoms with Gasteiger partial charge in [0, 0.05) is 6.54 Å². The van der Waals surface area contributed by atoms with E-state index in [0.29, 0.717) is 12.2 Å². The van der Waals surface area contributed by atoms with E-state index < -0.39 is 0 Å². The van der Waals surface area contributed by atoms with Crippen LogP contribution in [0.5, 0.6) is 5.75 Å². The first kappa shape index (κ1) is 11.9. The minimum Gasteiger partial charge on any atom is -0.506 e. The van der Waals surface area contributed by atoms with Gasteiger partial charge in [0.25, 0.3) is 0 Å². The minimum absolute atomic E-state index is 0.00787. The summed E-state index contributed by atoms with van der Waals surface area (Å²) < 4.78 is 0. The van der Waals surface area contributed by atoms with Crippen LogP contribution in [-0.4, -0.2) is 24.1 Å². The lowest BCUT2D eigenvalue weighted by Crippen LogP contribution is -2.37. The zero-order valence-electron chi connectivity index (χ0n) is 9.99. The number of anilines is 1. The van der Waals surface area contributed by atoms with E-state index in [9.17, 15) is 9.90 Å². The molecule has 1 aliphatic heterocycles. The van der Waals surface area contributed by atoms with Gasteiger partial charge in [-0.25, -0.2) is 0 Å². The van der Waals surface area contributed by atoms with Gasteiger partial charge in [0.15, 0.2) is 0 Å². The van der Waals surface area contributed by atoms with Gasteiger partial charge in [-0.05, 0) is 31.5 Å². The van der Waals surface area contributed by atoms with Crippen molar-refractivity contribution >= 4 is 11.6 Å². The fraction of sp³-hybridized carbons (Fsp3) is 0.462. The smallest absolute Gasteiger partial charge is 0.232 e. The van der Waals surface area contributed by atoms with Crippen molar-refractivity contribution in [2.75, 3.05) is 18.4 Å². The summed E-state index contributed by atoms with van der Waals surface area (Å²) in [6, 6.07) is 6.80. The van der Waals surface area contributed by atoms with Crippen LogP contribution in [0.1, 0.15) is 19.8 Å². The number of phenolic OH excluding ortho intramolecular Hbond substituents is 1. The number of benzene rings is 1. The Kier molecular flexibility index (Phi) is 3.33. The molecule has 0 spiro atoms. The molecule has 92 valence electrons. The maximum Gasteiger partial charge on any atom is 0.232 e. The van der Waals surface area contributed by atoms with Crippen LogP contribution in [0, 0.1) is 5.41 Å². The van der Waals surface area contributed by atoms with E-state index in [-0.39, 0.29) is 17.1 Å². The van der Waals surface area contributed by atoms with E-state index in [1.807, 2.05) is 6.92 Å². The minimum atomic E-state index is -0.331. The van der Waals surface area contributed by atoms with Gasteiger partial charge < -0.3 is 15.7 Å². The molecule has 1 atom stereocenters. The van der Waals surface area contributed by atoms with Gasteiger partial charge >= 0.3 is 0 Å². The second-order valence-corrected chi connectivity index (χ2v) is 4.53. The lowest BCUT2D eigenvalue weighted by Gasteiger charge is -2.25. The Morgan fingerprint density at radius 3 is 2.88 bits per heavy atom. The highest BCUT2D eigenvalue weighted by Gasteiger charge is 2.39. The molecule has 17 heavy (non-hydrogen) atoms. The summed E-state index contributed by atoms with van der Waals surface area (Å²) in [6.07, 6.45) is 1.66. The van der Waals surface area contributed by atoms with Crippen LogP contribution in [0.15, 0.2) is 24.3 Å². The number of carbonyl (C=O) groups is 1. The van der Waals surface area contributed by atoms with Gasteiger partial charge in [-0.3, -0.25) is 4.79 Å². The highest BCUT2D eigenvalue weighted by molar-refractivity contribution is 5.96. The number of carbonyl (C=O) groups excluding carboxylic acids is 1. The van der Waals surface area contributed by atoms with Crippen molar-refractivity contribution in [2.24, 2.45) is 5.41 Å². The molecule has 0 aliphatic carbocycles. The molecule has 0 radical (unpaired) electrons. The summed E-state index contributed by atoms with van der Waals surface area (Å²) in [4.78, 5) is 12.3. The normalized spacial score (nSPS) is 23.6. The first-order valence-electron chi connectivity index (χ1n) is 5.98. The lowest BCUT2D eigenvalue weighted by molar-refractivity contribution is -0.124. The van der Waals surface area contributed by atoms with Gasteiger partial charge in [-0.1, -0.05) is 19.1 Å². The molecule has 4 nitrogen and oxygen atoms in total. The Balaban J connectivity index is 2.14. The molecular weight excluding hydrogens is 216 g/mol. The quantitative estimate of drug-likeness (QED) is 0.698. The Morgan fingerprint density at radius 1 is 1.53 bits per heavy atom. The van der Waals surface area contributed by atoms with Crippen molar-refractivity contribution in [3.63, 3.8) is 0 Å². The SMILES string of the molecule is CCC1(C(=O)Nc2ccccc2O)CCNC1. The van der Waals surface area contributed by atoms with Gasteiger partial charge in [-0.15, -0.1) is 0 Å². The van der Waals surface area contributed by atoms with Crippen molar-refractivity contribution in [3.05, 3.63) is 24.3 Å². The molecule has 0 aromatic heterocycles. The number of hydrogen-bond donors (Lipinski definition) is 3. The number of hydrogen-bond acceptors (Lipinski definition) is 3. The third kappa shape index (κ3) is 2.26. The Morgan fingerprint density at radius 2 is 2.29 bits per heavy atom. The highest BCUT2D eigenvalue weighted by Crippen LogP contribution is 2.32. The van der Waals surface area contributed by atoms with Crippen LogP contribution in [0.4, 0.5) is 5.69 Å². The molecule has 1 saturated heterocycles. The van der Waals surface area contributed by atoms with E-state index in [1.165, 1.54) is 0 Å². The molecular formula is C13H18N2O2. The Labute approximate surface area is 101 Å². The predicted molar refractivity (Wildman–Crippen MR) is 66.9 cm³/mol. The van der Waals surface area contributed by atoms with Gasteiger partial charge in [-0.2, -0.15) is 0 Å². The average molecular weight is 234 g/mol. The Bertz CT molecular complexity index is 412. The largest absolute Gasteiger partial charge is 0.506 e. The van der Waals surface area contributed by atoms with Crippen molar-refractivity contribution in [1.29, 1.82) is 0 Å². The first-order chi connectivity index (χ1) is 8.18. The van der Waals surface area contributed by atoms with Crippen molar-refractivity contribution in [3.8, 4) is 5.75 Å². The van der Waals surface area contributed by atoms with Crippen LogP contribution in [0.25, 0.3) is 0 Å². The van der Waals surface area contributed by atoms with E-state index >= 15 is 0 Å². The van der Waals surface area contributed by atoms with Crippen LogP contribution in [0.3, 0.4) is 0 Å². The van der Waals surface area contributed by atoms with Crippen molar-refractivity contribution in [2.45, 2.75) is 19.8 Å². The summed E-state index contributed by atoms with van der Waals surface area (Å²) in [5.41, 5.74) is 0.152. The fourth-order valence-corrected chi connectivity index (χ4v) is 2.23. The average Bonchev–Trinajstić information content (AvgIpc) is 2.82. The van der Waals surface area contributed by atoms with Gasteiger partial charge in [0.05, 0.1) is 11.1 Å². The summed E-state index contributed by atoms with van der Waals surface area (Å²) in [6.45, 7) is 3.61. The molecule has 1 aromatic rings. The zero-order chi connectivity index (χ0) is 12.3. The standard InChI is InChI=1S/C13H18N2O2/c1-2-13(7-8-14-9-13)12(17)15-10-5-3-4-6-11(10)16/h3-6,14,16H,2,7-9H2,1H3,(H,15,17). The van der Waals surface area contributed by atoms with Gasteiger partial charge in [0.1, 0.15) is 5.75 Å². The number of phenols is 1. The molecule has 4 heteroatoms. The molecule has 1 unspecified atom stereocenters. The van der Waals surface area contributed by atoms with Crippen LogP contribution < -0.4 is 10.6 Å². The summed E-state index contributed by atoms with van der Waals surface area (Å²) in [5, 5.41) is 15.7. The first-order valence-corrected chi connectivity index (χ1v) is 5.98. The lowest BCUT2D eigenvalue weighted by atomic mass is 9.83. The number of nitrogens with one attached hydrogen (secondary N) is 2. The van der Waals surface area contributed by atoms with Crippen molar-refractivity contribution < 1.29 is 9.90 Å². The van der Waals surface area contributed by atoms with Crippen LogP contribution in [0.2, 0.25) is 0 Å². The number of aromatic hydroxyl groups is 1. The number of para-hydroxylation sites is 2. The predicted octanol–water partition coefficient (Wildman–Crippen LogP) is 1.72. The number of amides is 1. The molecule has 3 N–H and O–H groups in total. The molecule has 0 bridgehead atoms. The topological polar surface area (TPSA) is 61.4 Å². The van der Waals surface area contributed by atoms with Crippen LogP contribution in [-0.2, 0) is 4.79 Å². The second kappa shape index (κ2) is 4.75. The maximum absolute atomic E-state index is 12.3. The molecule has 1 heterocycles. The monoisotopic (exact) mass is 234 g/mol. The van der Waals surface area contributed by atoms with E-state index in [2.05, 4.69) is 10.6 Å². The molecule has 1 aliphatic rings. The van der Waals surface area contributed by atoms with E-state index in [0.717, 1.165) is 19.4 Å². The third-order valence-corrected chi connectivity index (χ3v) is 3.55. The van der Waals surface area contributed by atoms with Crippen molar-refractivity contribution in [1.82, 2.24) is 5.32 Å².